The van der Waals surface area contributed by atoms with Crippen molar-refractivity contribution in [1.82, 2.24) is 5.32 Å². The van der Waals surface area contributed by atoms with E-state index >= 15 is 0 Å². The number of halogens is 1. The van der Waals surface area contributed by atoms with E-state index in [1.807, 2.05) is 20.8 Å². The number of amides is 1. The zero-order valence-electron chi connectivity index (χ0n) is 16.0. The second kappa shape index (κ2) is 8.01. The van der Waals surface area contributed by atoms with Crippen molar-refractivity contribution in [3.8, 4) is 5.75 Å². The van der Waals surface area contributed by atoms with E-state index in [0.717, 1.165) is 12.0 Å². The summed E-state index contributed by atoms with van der Waals surface area (Å²) in [5.41, 5.74) is 1.27. The number of anilines is 1. The number of rotatable bonds is 5. The molecule has 1 aliphatic heterocycles. The highest BCUT2D eigenvalue weighted by molar-refractivity contribution is 7.92. The molecule has 3 rings (SSSR count). The number of nitrogens with one attached hydrogen (secondary N) is 1. The average Bonchev–Trinajstić information content (AvgIpc) is 2.67. The number of hydrogen-bond acceptors (Lipinski definition) is 4. The Bertz CT molecular complexity index is 976. The molecule has 0 aromatic heterocycles. The molecule has 0 saturated carbocycles. The van der Waals surface area contributed by atoms with E-state index in [4.69, 9.17) is 16.3 Å². The molecule has 0 fully saturated rings. The van der Waals surface area contributed by atoms with E-state index in [9.17, 15) is 13.2 Å². The molecule has 0 aliphatic carbocycles. The average molecular weight is 423 g/mol. The van der Waals surface area contributed by atoms with Crippen LogP contribution in [0.25, 0.3) is 0 Å². The summed E-state index contributed by atoms with van der Waals surface area (Å²) >= 11 is 6.09. The van der Waals surface area contributed by atoms with Gasteiger partial charge in [-0.3, -0.25) is 9.10 Å². The van der Waals surface area contributed by atoms with E-state index in [-0.39, 0.29) is 23.4 Å². The molecule has 0 radical (unpaired) electrons. The van der Waals surface area contributed by atoms with Crippen molar-refractivity contribution >= 4 is 33.2 Å². The van der Waals surface area contributed by atoms with Crippen LogP contribution in [0.15, 0.2) is 47.4 Å². The monoisotopic (exact) mass is 422 g/mol. The fourth-order valence-electron chi connectivity index (χ4n) is 2.86. The van der Waals surface area contributed by atoms with Gasteiger partial charge in [0.05, 0.1) is 17.1 Å². The predicted octanol–water partition coefficient (Wildman–Crippen LogP) is 3.52. The van der Waals surface area contributed by atoms with E-state index in [0.29, 0.717) is 16.5 Å². The molecule has 1 N–H and O–H groups in total. The third-order valence-corrected chi connectivity index (χ3v) is 6.72. The number of ether oxygens (including phenoxy) is 1. The van der Waals surface area contributed by atoms with Crippen molar-refractivity contribution in [1.29, 1.82) is 0 Å². The molecule has 0 bridgehead atoms. The first-order valence-electron chi connectivity index (χ1n) is 9.08. The Morgan fingerprint density at radius 2 is 1.96 bits per heavy atom. The van der Waals surface area contributed by atoms with Crippen molar-refractivity contribution in [2.45, 2.75) is 44.2 Å². The molecule has 2 atom stereocenters. The molecule has 2 aromatic rings. The first kappa shape index (κ1) is 20.5. The number of carbonyl (C=O) groups is 1. The molecule has 150 valence electrons. The molecular formula is C20H23ClN2O4S. The van der Waals surface area contributed by atoms with Crippen LogP contribution in [0.4, 0.5) is 5.69 Å². The third-order valence-electron chi connectivity index (χ3n) is 4.69. The van der Waals surface area contributed by atoms with Gasteiger partial charge in [0.25, 0.3) is 15.9 Å². The minimum atomic E-state index is -3.89. The van der Waals surface area contributed by atoms with Crippen molar-refractivity contribution in [2.75, 3.05) is 10.8 Å². The Morgan fingerprint density at radius 3 is 2.61 bits per heavy atom. The molecule has 8 heteroatoms. The Hall–Kier alpha value is -2.25. The van der Waals surface area contributed by atoms with Crippen molar-refractivity contribution in [3.63, 3.8) is 0 Å². The van der Waals surface area contributed by atoms with Crippen LogP contribution in [0.2, 0.25) is 5.02 Å². The van der Waals surface area contributed by atoms with E-state index in [2.05, 4.69) is 5.32 Å². The minimum Gasteiger partial charge on any atom is -0.476 e. The van der Waals surface area contributed by atoms with Crippen LogP contribution in [0, 0.1) is 6.92 Å². The summed E-state index contributed by atoms with van der Waals surface area (Å²) in [5.74, 6) is -0.0466. The van der Waals surface area contributed by atoms with Crippen LogP contribution in [-0.2, 0) is 14.8 Å². The maximum absolute atomic E-state index is 13.3. The Balaban J connectivity index is 2.02. The molecule has 0 spiro atoms. The fraction of sp³-hybridized carbons (Fsp3) is 0.350. The molecule has 28 heavy (non-hydrogen) atoms. The second-order valence-electron chi connectivity index (χ2n) is 6.89. The molecular weight excluding hydrogens is 400 g/mol. The van der Waals surface area contributed by atoms with Crippen LogP contribution in [-0.4, -0.2) is 33.0 Å². The van der Waals surface area contributed by atoms with E-state index < -0.39 is 16.1 Å². The normalized spacial score (nSPS) is 17.4. The Labute approximate surface area is 170 Å². The summed E-state index contributed by atoms with van der Waals surface area (Å²) < 4.78 is 33.6. The summed E-state index contributed by atoms with van der Waals surface area (Å²) in [7, 11) is -3.89. The lowest BCUT2D eigenvalue weighted by Gasteiger charge is -2.35. The minimum absolute atomic E-state index is 0.0372. The van der Waals surface area contributed by atoms with Crippen molar-refractivity contribution < 1.29 is 17.9 Å². The highest BCUT2D eigenvalue weighted by Gasteiger charge is 2.37. The number of fused-ring (bicyclic) bond motifs is 1. The van der Waals surface area contributed by atoms with Gasteiger partial charge < -0.3 is 10.1 Å². The summed E-state index contributed by atoms with van der Waals surface area (Å²) in [6, 6.07) is 11.3. The summed E-state index contributed by atoms with van der Waals surface area (Å²) in [4.78, 5) is 12.8. The molecule has 2 aromatic carbocycles. The lowest BCUT2D eigenvalue weighted by molar-refractivity contribution is -0.128. The maximum Gasteiger partial charge on any atom is 0.264 e. The van der Waals surface area contributed by atoms with Gasteiger partial charge in [0.1, 0.15) is 5.75 Å². The number of hydrogen-bond donors (Lipinski definition) is 1. The molecule has 1 amide bonds. The lowest BCUT2D eigenvalue weighted by atomic mass is 10.2. The first-order chi connectivity index (χ1) is 13.2. The van der Waals surface area contributed by atoms with Gasteiger partial charge in [0.15, 0.2) is 6.10 Å². The highest BCUT2D eigenvalue weighted by atomic mass is 35.5. The Kier molecular flexibility index (Phi) is 5.86. The summed E-state index contributed by atoms with van der Waals surface area (Å²) in [6.45, 7) is 5.59. The third kappa shape index (κ3) is 4.10. The van der Waals surface area contributed by atoms with Crippen LogP contribution in [0.5, 0.6) is 5.75 Å². The van der Waals surface area contributed by atoms with Crippen LogP contribution in [0.3, 0.4) is 0 Å². The van der Waals surface area contributed by atoms with Gasteiger partial charge in [-0.25, -0.2) is 8.42 Å². The van der Waals surface area contributed by atoms with Gasteiger partial charge in [-0.05, 0) is 50.6 Å². The van der Waals surface area contributed by atoms with Gasteiger partial charge in [-0.15, -0.1) is 0 Å². The largest absolute Gasteiger partial charge is 0.476 e. The fourth-order valence-corrected chi connectivity index (χ4v) is 4.50. The molecule has 0 unspecified atom stereocenters. The van der Waals surface area contributed by atoms with E-state index in [1.54, 1.807) is 36.4 Å². The van der Waals surface area contributed by atoms with Crippen LogP contribution < -0.4 is 14.4 Å². The van der Waals surface area contributed by atoms with Gasteiger partial charge in [0, 0.05) is 11.1 Å². The van der Waals surface area contributed by atoms with E-state index in [1.165, 1.54) is 10.4 Å². The molecule has 0 saturated heterocycles. The zero-order chi connectivity index (χ0) is 20.5. The quantitative estimate of drug-likeness (QED) is 0.799. The van der Waals surface area contributed by atoms with Crippen molar-refractivity contribution in [2.24, 2.45) is 0 Å². The number of sulfonamides is 1. The summed E-state index contributed by atoms with van der Waals surface area (Å²) in [6.07, 6.45) is -0.196. The summed E-state index contributed by atoms with van der Waals surface area (Å²) in [5, 5.41) is 3.23. The van der Waals surface area contributed by atoms with Crippen LogP contribution in [0.1, 0.15) is 25.8 Å². The zero-order valence-corrected chi connectivity index (χ0v) is 17.5. The topological polar surface area (TPSA) is 75.7 Å². The first-order valence-corrected chi connectivity index (χ1v) is 10.9. The smallest absolute Gasteiger partial charge is 0.264 e. The van der Waals surface area contributed by atoms with Gasteiger partial charge in [-0.2, -0.15) is 0 Å². The number of nitrogens with zero attached hydrogens (tertiary/aromatic N) is 1. The Morgan fingerprint density at radius 1 is 1.29 bits per heavy atom. The second-order valence-corrected chi connectivity index (χ2v) is 9.18. The standard InChI is InChI=1S/C20H23ClN2O4S/c1-4-14(3)22-20(24)19-12-23(17-11-15(21)7-10-18(17)27-19)28(25,26)16-8-5-13(2)6-9-16/h5-11,14,19H,4,12H2,1-3H3,(H,22,24)/t14-,19-/m1/s1. The van der Waals surface area contributed by atoms with Crippen molar-refractivity contribution in [3.05, 3.63) is 53.1 Å². The molecule has 6 nitrogen and oxygen atoms in total. The van der Waals surface area contributed by atoms with Crippen LogP contribution >= 0.6 is 11.6 Å². The maximum atomic E-state index is 13.3. The number of aryl methyl sites for hydroxylation is 1. The SMILES string of the molecule is CC[C@@H](C)NC(=O)[C@H]1CN(S(=O)(=O)c2ccc(C)cc2)c2cc(Cl)ccc2O1. The lowest BCUT2D eigenvalue weighted by Crippen LogP contribution is -2.52. The molecule has 1 aliphatic rings. The predicted molar refractivity (Wildman–Crippen MR) is 109 cm³/mol. The van der Waals surface area contributed by atoms with Gasteiger partial charge >= 0.3 is 0 Å². The number of benzene rings is 2. The number of carbonyl (C=O) groups excluding carboxylic acids is 1. The van der Waals surface area contributed by atoms with Gasteiger partial charge in [0.2, 0.25) is 0 Å². The highest BCUT2D eigenvalue weighted by Crippen LogP contribution is 2.38. The van der Waals surface area contributed by atoms with Gasteiger partial charge in [-0.1, -0.05) is 36.2 Å². The molecule has 1 heterocycles.